The van der Waals surface area contributed by atoms with Gasteiger partial charge in [-0.3, -0.25) is 14.4 Å². The van der Waals surface area contributed by atoms with Gasteiger partial charge in [0.05, 0.1) is 30.4 Å². The van der Waals surface area contributed by atoms with Gasteiger partial charge in [-0.1, -0.05) is 32.9 Å². The molecule has 1 heterocycles. The molecule has 0 saturated heterocycles. The van der Waals surface area contributed by atoms with Gasteiger partial charge in [-0.15, -0.1) is 5.06 Å². The minimum absolute atomic E-state index is 0.0210. The first-order chi connectivity index (χ1) is 14.1. The molecule has 0 radical (unpaired) electrons. The van der Waals surface area contributed by atoms with Crippen molar-refractivity contribution >= 4 is 26.2 Å². The Hall–Kier alpha value is -2.23. The molecule has 0 bridgehead atoms. The zero-order chi connectivity index (χ0) is 23.6. The van der Waals surface area contributed by atoms with E-state index in [-0.39, 0.29) is 18.3 Å². The van der Waals surface area contributed by atoms with E-state index in [1.807, 2.05) is 0 Å². The summed E-state index contributed by atoms with van der Waals surface area (Å²) in [7, 11) is -2.10. The first-order valence-corrected chi connectivity index (χ1v) is 13.3. The topological polar surface area (TPSA) is 94.2 Å². The molecule has 172 valence electrons. The van der Waals surface area contributed by atoms with E-state index in [0.29, 0.717) is 11.1 Å². The van der Waals surface area contributed by atoms with Gasteiger partial charge in [0.1, 0.15) is 5.60 Å². The monoisotopic (exact) mass is 450 g/mol. The molecule has 1 aromatic carbocycles. The second kappa shape index (κ2) is 9.10. The van der Waals surface area contributed by atoms with E-state index in [2.05, 4.69) is 39.2 Å². The number of hydrogen-bond acceptors (Lipinski definition) is 6. The van der Waals surface area contributed by atoms with Crippen LogP contribution >= 0.6 is 0 Å². The van der Waals surface area contributed by atoms with Crippen LogP contribution < -0.4 is 5.32 Å². The number of rotatable bonds is 7. The lowest BCUT2D eigenvalue weighted by Crippen LogP contribution is -2.49. The van der Waals surface area contributed by atoms with Crippen LogP contribution in [0.4, 0.5) is 4.79 Å². The van der Waals surface area contributed by atoms with Gasteiger partial charge in [-0.25, -0.2) is 4.79 Å². The minimum atomic E-state index is -2.10. The zero-order valence-electron chi connectivity index (χ0n) is 19.7. The molecule has 2 rings (SSSR count). The first-order valence-electron chi connectivity index (χ1n) is 10.4. The summed E-state index contributed by atoms with van der Waals surface area (Å²) in [6.07, 6.45) is -0.623. The van der Waals surface area contributed by atoms with Crippen molar-refractivity contribution in [2.45, 2.75) is 71.3 Å². The Labute approximate surface area is 185 Å². The van der Waals surface area contributed by atoms with E-state index >= 15 is 0 Å². The summed E-state index contributed by atoms with van der Waals surface area (Å²) >= 11 is 0. The maximum atomic E-state index is 12.5. The lowest BCUT2D eigenvalue weighted by atomic mass is 10.1. The maximum Gasteiger partial charge on any atom is 0.408 e. The highest BCUT2D eigenvalue weighted by Gasteiger charge is 2.39. The fraction of sp³-hybridized carbons (Fsp3) is 0.591. The average molecular weight is 451 g/mol. The molecule has 0 spiro atoms. The summed E-state index contributed by atoms with van der Waals surface area (Å²) < 4.78 is 11.6. The largest absolute Gasteiger partial charge is 0.444 e. The summed E-state index contributed by atoms with van der Waals surface area (Å²) in [5.74, 6) is -1.05. The summed E-state index contributed by atoms with van der Waals surface area (Å²) in [5, 5.41) is 3.45. The fourth-order valence-corrected chi connectivity index (χ4v) is 3.63. The van der Waals surface area contributed by atoms with Crippen LogP contribution in [0.25, 0.3) is 0 Å². The number of amides is 3. The minimum Gasteiger partial charge on any atom is -0.444 e. The van der Waals surface area contributed by atoms with Gasteiger partial charge in [0.2, 0.25) is 0 Å². The highest BCUT2D eigenvalue weighted by molar-refractivity contribution is 6.74. The summed E-state index contributed by atoms with van der Waals surface area (Å²) in [4.78, 5) is 42.9. The molecule has 0 aliphatic carbocycles. The van der Waals surface area contributed by atoms with E-state index in [0.717, 1.165) is 5.06 Å². The molecule has 9 heteroatoms. The van der Waals surface area contributed by atoms with E-state index in [9.17, 15) is 14.4 Å². The van der Waals surface area contributed by atoms with Crippen LogP contribution in [0.15, 0.2) is 24.3 Å². The molecule has 1 aliphatic rings. The van der Waals surface area contributed by atoms with Crippen molar-refractivity contribution in [3.63, 3.8) is 0 Å². The van der Waals surface area contributed by atoms with Gasteiger partial charge in [-0.05, 0) is 51.0 Å². The number of hydroxylamine groups is 2. The van der Waals surface area contributed by atoms with Crippen molar-refractivity contribution in [3.05, 3.63) is 35.4 Å². The van der Waals surface area contributed by atoms with Crippen molar-refractivity contribution in [3.8, 4) is 0 Å². The summed E-state index contributed by atoms with van der Waals surface area (Å²) in [6, 6.07) is 5.92. The quantitative estimate of drug-likeness (QED) is 0.496. The molecule has 0 unspecified atom stereocenters. The number of fused-ring (bicyclic) bond motifs is 1. The SMILES string of the molecule is CC(C)(C)OC(=O)N[C@@H](CON1C(=O)c2ccccc2C1=O)CO[Si](C)(C)C(C)(C)C. The Kier molecular flexibility index (Phi) is 7.34. The van der Waals surface area contributed by atoms with Crippen molar-refractivity contribution < 1.29 is 28.4 Å². The van der Waals surface area contributed by atoms with Crippen LogP contribution in [0.3, 0.4) is 0 Å². The number of ether oxygens (including phenoxy) is 1. The number of carbonyl (C=O) groups excluding carboxylic acids is 3. The lowest BCUT2D eigenvalue weighted by molar-refractivity contribution is -0.100. The van der Waals surface area contributed by atoms with E-state index in [4.69, 9.17) is 14.0 Å². The van der Waals surface area contributed by atoms with Gasteiger partial charge in [0.25, 0.3) is 11.8 Å². The normalized spacial score (nSPS) is 15.7. The molecule has 0 fully saturated rings. The Morgan fingerprint density at radius 3 is 1.97 bits per heavy atom. The molecule has 1 aliphatic heterocycles. The van der Waals surface area contributed by atoms with Gasteiger partial charge in [0, 0.05) is 0 Å². The average Bonchev–Trinajstić information content (AvgIpc) is 2.86. The standard InChI is InChI=1S/C22H34N2O6Si/c1-21(2,3)30-20(27)23-15(14-29-31(7,8)22(4,5)6)13-28-24-18(25)16-11-9-10-12-17(16)19(24)26/h9-12,15H,13-14H2,1-8H3,(H,23,27)/t15-/m0/s1. The third-order valence-corrected chi connectivity index (χ3v) is 9.83. The molecule has 31 heavy (non-hydrogen) atoms. The third-order valence-electron chi connectivity index (χ3n) is 5.33. The molecule has 1 N–H and O–H groups in total. The molecule has 1 aromatic rings. The van der Waals surface area contributed by atoms with Crippen molar-refractivity contribution in [1.82, 2.24) is 10.4 Å². The molecule has 8 nitrogen and oxygen atoms in total. The molecular weight excluding hydrogens is 416 g/mol. The number of imide groups is 1. The van der Waals surface area contributed by atoms with Gasteiger partial charge >= 0.3 is 6.09 Å². The Morgan fingerprint density at radius 1 is 1.00 bits per heavy atom. The van der Waals surface area contributed by atoms with Crippen molar-refractivity contribution in [1.29, 1.82) is 0 Å². The number of alkyl carbamates (subject to hydrolysis) is 1. The second-order valence-electron chi connectivity index (χ2n) is 10.2. The second-order valence-corrected chi connectivity index (χ2v) is 15.0. The van der Waals surface area contributed by atoms with Crippen LogP contribution in [-0.2, 0) is 14.0 Å². The van der Waals surface area contributed by atoms with Crippen molar-refractivity contribution in [2.75, 3.05) is 13.2 Å². The fourth-order valence-electron chi connectivity index (χ4n) is 2.58. The zero-order valence-corrected chi connectivity index (χ0v) is 20.7. The van der Waals surface area contributed by atoms with E-state index in [1.54, 1.807) is 45.0 Å². The number of carbonyl (C=O) groups is 3. The highest BCUT2D eigenvalue weighted by Crippen LogP contribution is 2.36. The van der Waals surface area contributed by atoms with Gasteiger partial charge in [0.15, 0.2) is 8.32 Å². The van der Waals surface area contributed by atoms with Crippen LogP contribution in [0.2, 0.25) is 18.1 Å². The summed E-state index contributed by atoms with van der Waals surface area (Å²) in [6.45, 7) is 15.9. The number of nitrogens with one attached hydrogen (secondary N) is 1. The summed E-state index contributed by atoms with van der Waals surface area (Å²) in [5.41, 5.74) is -0.0819. The molecule has 1 atom stereocenters. The molecule has 3 amide bonds. The van der Waals surface area contributed by atoms with E-state index in [1.165, 1.54) is 0 Å². The lowest BCUT2D eigenvalue weighted by Gasteiger charge is -2.37. The van der Waals surface area contributed by atoms with Gasteiger partial charge < -0.3 is 14.5 Å². The molecular formula is C22H34N2O6Si. The van der Waals surface area contributed by atoms with Crippen LogP contribution in [0.1, 0.15) is 62.3 Å². The van der Waals surface area contributed by atoms with Crippen LogP contribution in [0, 0.1) is 0 Å². The maximum absolute atomic E-state index is 12.5. The van der Waals surface area contributed by atoms with Crippen LogP contribution in [-0.4, -0.2) is 56.1 Å². The molecule has 0 aromatic heterocycles. The Morgan fingerprint density at radius 2 is 1.52 bits per heavy atom. The Balaban J connectivity index is 2.09. The van der Waals surface area contributed by atoms with Crippen LogP contribution in [0.5, 0.6) is 0 Å². The van der Waals surface area contributed by atoms with Crippen molar-refractivity contribution in [2.24, 2.45) is 0 Å². The number of hydrogen-bond donors (Lipinski definition) is 1. The predicted molar refractivity (Wildman–Crippen MR) is 119 cm³/mol. The highest BCUT2D eigenvalue weighted by atomic mass is 28.4. The smallest absolute Gasteiger partial charge is 0.408 e. The Bertz CT molecular complexity index is 806. The predicted octanol–water partition coefficient (Wildman–Crippen LogP) is 4.13. The van der Waals surface area contributed by atoms with E-state index < -0.39 is 37.9 Å². The first kappa shape index (κ1) is 25.0. The number of nitrogens with zero attached hydrogens (tertiary/aromatic N) is 1. The van der Waals surface area contributed by atoms with Gasteiger partial charge in [-0.2, -0.15) is 0 Å². The third kappa shape index (κ3) is 6.38. The molecule has 0 saturated carbocycles. The number of benzene rings is 1.